The highest BCUT2D eigenvalue weighted by molar-refractivity contribution is 5.84. The molecule has 0 aliphatic carbocycles. The van der Waals surface area contributed by atoms with E-state index in [0.29, 0.717) is 5.76 Å². The van der Waals surface area contributed by atoms with E-state index in [9.17, 15) is 4.79 Å². The Hall–Kier alpha value is -2.35. The summed E-state index contributed by atoms with van der Waals surface area (Å²) in [6, 6.07) is 19.8. The number of cyclic esters (lactones) is 1. The molecule has 1 aliphatic rings. The van der Waals surface area contributed by atoms with E-state index in [2.05, 4.69) is 18.2 Å². The maximum Gasteiger partial charge on any atom is 0.314 e. The van der Waals surface area contributed by atoms with Gasteiger partial charge >= 0.3 is 5.97 Å². The van der Waals surface area contributed by atoms with Crippen LogP contribution in [0.25, 0.3) is 5.76 Å². The van der Waals surface area contributed by atoms with Gasteiger partial charge in [0.25, 0.3) is 0 Å². The van der Waals surface area contributed by atoms with Crippen LogP contribution < -0.4 is 0 Å². The molecule has 2 aromatic carbocycles. The van der Waals surface area contributed by atoms with Gasteiger partial charge in [0.05, 0.1) is 5.92 Å². The van der Waals surface area contributed by atoms with Gasteiger partial charge in [0, 0.05) is 11.5 Å². The fraction of sp³-hybridized carbons (Fsp3) is 0.167. The topological polar surface area (TPSA) is 26.3 Å². The summed E-state index contributed by atoms with van der Waals surface area (Å²) < 4.78 is 5.46. The lowest BCUT2D eigenvalue weighted by atomic mass is 9.84. The van der Waals surface area contributed by atoms with Gasteiger partial charge in [-0.05, 0) is 11.6 Å². The van der Waals surface area contributed by atoms with E-state index >= 15 is 0 Å². The Morgan fingerprint density at radius 2 is 1.50 bits per heavy atom. The van der Waals surface area contributed by atoms with E-state index in [4.69, 9.17) is 4.74 Å². The van der Waals surface area contributed by atoms with Crippen LogP contribution in [0.3, 0.4) is 0 Å². The van der Waals surface area contributed by atoms with Gasteiger partial charge in [-0.2, -0.15) is 0 Å². The minimum Gasteiger partial charge on any atom is -0.426 e. The predicted octanol–water partition coefficient (Wildman–Crippen LogP) is 4.00. The summed E-state index contributed by atoms with van der Waals surface area (Å²) in [7, 11) is 0. The summed E-state index contributed by atoms with van der Waals surface area (Å²) in [5.41, 5.74) is 2.08. The second-order valence-corrected chi connectivity index (χ2v) is 5.04. The summed E-state index contributed by atoms with van der Waals surface area (Å²) in [5.74, 6) is 0.389. The van der Waals surface area contributed by atoms with Crippen molar-refractivity contribution in [3.63, 3.8) is 0 Å². The lowest BCUT2D eigenvalue weighted by molar-refractivity contribution is -0.142. The van der Waals surface area contributed by atoms with Crippen molar-refractivity contribution in [3.05, 3.63) is 77.9 Å². The number of benzene rings is 2. The van der Waals surface area contributed by atoms with Crippen LogP contribution in [0.15, 0.2) is 66.7 Å². The average molecular weight is 264 g/mol. The van der Waals surface area contributed by atoms with Crippen molar-refractivity contribution < 1.29 is 9.53 Å². The molecule has 0 unspecified atom stereocenters. The Morgan fingerprint density at radius 1 is 0.900 bits per heavy atom. The van der Waals surface area contributed by atoms with Crippen LogP contribution in [0, 0.1) is 5.92 Å². The van der Waals surface area contributed by atoms with E-state index in [1.54, 1.807) is 0 Å². The van der Waals surface area contributed by atoms with Gasteiger partial charge in [-0.1, -0.05) is 67.6 Å². The SMILES string of the molecule is C[C@@H]1C(=O)OC(c2ccccc2)=C[C@H]1c1ccccc1. The first-order valence-electron chi connectivity index (χ1n) is 6.79. The fourth-order valence-electron chi connectivity index (χ4n) is 2.51. The van der Waals surface area contributed by atoms with Crippen molar-refractivity contribution >= 4 is 11.7 Å². The summed E-state index contributed by atoms with van der Waals surface area (Å²) >= 11 is 0. The van der Waals surface area contributed by atoms with Crippen LogP contribution in [0.4, 0.5) is 0 Å². The molecule has 0 fully saturated rings. The summed E-state index contributed by atoms with van der Waals surface area (Å²) in [6.45, 7) is 1.91. The van der Waals surface area contributed by atoms with E-state index in [-0.39, 0.29) is 17.8 Å². The van der Waals surface area contributed by atoms with Crippen LogP contribution in [-0.2, 0) is 9.53 Å². The zero-order valence-corrected chi connectivity index (χ0v) is 11.3. The third-order valence-corrected chi connectivity index (χ3v) is 3.69. The predicted molar refractivity (Wildman–Crippen MR) is 78.9 cm³/mol. The zero-order valence-electron chi connectivity index (χ0n) is 11.3. The summed E-state index contributed by atoms with van der Waals surface area (Å²) in [5, 5.41) is 0. The van der Waals surface area contributed by atoms with Crippen LogP contribution in [-0.4, -0.2) is 5.97 Å². The molecule has 0 radical (unpaired) electrons. The molecule has 100 valence electrons. The fourth-order valence-corrected chi connectivity index (χ4v) is 2.51. The van der Waals surface area contributed by atoms with Gasteiger partial charge in [-0.25, -0.2) is 0 Å². The minimum absolute atomic E-state index is 0.0626. The Labute approximate surface area is 118 Å². The number of rotatable bonds is 2. The number of carbonyl (C=O) groups excluding carboxylic acids is 1. The van der Waals surface area contributed by atoms with Crippen molar-refractivity contribution in [2.24, 2.45) is 5.92 Å². The summed E-state index contributed by atoms with van der Waals surface area (Å²) in [4.78, 5) is 12.1. The zero-order chi connectivity index (χ0) is 13.9. The van der Waals surface area contributed by atoms with E-state index < -0.39 is 0 Å². The van der Waals surface area contributed by atoms with Crippen LogP contribution in [0.2, 0.25) is 0 Å². The normalized spacial score (nSPS) is 22.1. The number of carbonyl (C=O) groups is 1. The number of hydrogen-bond donors (Lipinski definition) is 0. The molecule has 0 spiro atoms. The highest BCUT2D eigenvalue weighted by Crippen LogP contribution is 2.35. The number of hydrogen-bond acceptors (Lipinski definition) is 2. The lowest BCUT2D eigenvalue weighted by Crippen LogP contribution is -2.25. The first-order chi connectivity index (χ1) is 9.75. The number of allylic oxidation sites excluding steroid dienone is 1. The van der Waals surface area contributed by atoms with Crippen molar-refractivity contribution in [3.8, 4) is 0 Å². The van der Waals surface area contributed by atoms with Crippen LogP contribution in [0.5, 0.6) is 0 Å². The highest BCUT2D eigenvalue weighted by atomic mass is 16.5. The van der Waals surface area contributed by atoms with Gasteiger partial charge in [0.15, 0.2) is 0 Å². The standard InChI is InChI=1S/C18H16O2/c1-13-16(14-8-4-2-5-9-14)12-17(20-18(13)19)15-10-6-3-7-11-15/h2-13,16H,1H3/t13-,16+/m0/s1. The Morgan fingerprint density at radius 3 is 2.15 bits per heavy atom. The smallest absolute Gasteiger partial charge is 0.314 e. The Bertz CT molecular complexity index is 629. The Kier molecular flexibility index (Phi) is 3.38. The molecule has 1 aliphatic heterocycles. The molecule has 3 rings (SSSR count). The van der Waals surface area contributed by atoms with Crippen molar-refractivity contribution in [2.75, 3.05) is 0 Å². The van der Waals surface area contributed by atoms with Crippen molar-refractivity contribution in [2.45, 2.75) is 12.8 Å². The molecule has 0 amide bonds. The van der Waals surface area contributed by atoms with Crippen LogP contribution in [0.1, 0.15) is 24.0 Å². The van der Waals surface area contributed by atoms with Gasteiger partial charge in [-0.15, -0.1) is 0 Å². The molecule has 0 bridgehead atoms. The highest BCUT2D eigenvalue weighted by Gasteiger charge is 2.31. The average Bonchev–Trinajstić information content (AvgIpc) is 2.51. The van der Waals surface area contributed by atoms with Crippen molar-refractivity contribution in [1.82, 2.24) is 0 Å². The minimum atomic E-state index is -0.166. The molecule has 2 aromatic rings. The third-order valence-electron chi connectivity index (χ3n) is 3.69. The molecule has 20 heavy (non-hydrogen) atoms. The third kappa shape index (κ3) is 2.37. The Balaban J connectivity index is 2.02. The second kappa shape index (κ2) is 5.33. The van der Waals surface area contributed by atoms with Gasteiger partial charge in [-0.3, -0.25) is 4.79 Å². The second-order valence-electron chi connectivity index (χ2n) is 5.04. The maximum atomic E-state index is 12.1. The van der Waals surface area contributed by atoms with Gasteiger partial charge in [0.1, 0.15) is 5.76 Å². The molecule has 2 atom stereocenters. The van der Waals surface area contributed by atoms with Crippen molar-refractivity contribution in [1.29, 1.82) is 0 Å². The molecule has 2 nitrogen and oxygen atoms in total. The molecule has 2 heteroatoms. The monoisotopic (exact) mass is 264 g/mol. The molecular formula is C18H16O2. The molecule has 0 aromatic heterocycles. The van der Waals surface area contributed by atoms with E-state index in [0.717, 1.165) is 11.1 Å². The first-order valence-corrected chi connectivity index (χ1v) is 6.79. The van der Waals surface area contributed by atoms with Gasteiger partial charge in [0.2, 0.25) is 0 Å². The molecule has 1 heterocycles. The summed E-state index contributed by atoms with van der Waals surface area (Å²) in [6.07, 6.45) is 2.05. The molecule has 0 saturated carbocycles. The number of ether oxygens (including phenoxy) is 1. The quantitative estimate of drug-likeness (QED) is 0.766. The van der Waals surface area contributed by atoms with Gasteiger partial charge < -0.3 is 4.74 Å². The number of esters is 1. The molecular weight excluding hydrogens is 248 g/mol. The lowest BCUT2D eigenvalue weighted by Gasteiger charge is -2.26. The molecule has 0 saturated heterocycles. The largest absolute Gasteiger partial charge is 0.426 e. The van der Waals surface area contributed by atoms with E-state index in [1.165, 1.54) is 0 Å². The maximum absolute atomic E-state index is 12.1. The molecule has 0 N–H and O–H groups in total. The van der Waals surface area contributed by atoms with E-state index in [1.807, 2.05) is 55.5 Å². The first kappa shape index (κ1) is 12.7. The van der Waals surface area contributed by atoms with Crippen LogP contribution >= 0.6 is 0 Å².